The maximum Gasteiger partial charge on any atom is 0.407 e. The van der Waals surface area contributed by atoms with Crippen molar-refractivity contribution in [3.05, 3.63) is 15.8 Å². The maximum absolute atomic E-state index is 13.8. The van der Waals surface area contributed by atoms with E-state index in [0.717, 1.165) is 25.7 Å². The monoisotopic (exact) mass is 474 g/mol. The number of thiophene rings is 1. The molecule has 2 fully saturated rings. The quantitative estimate of drug-likeness (QED) is 0.498. The van der Waals surface area contributed by atoms with Crippen LogP contribution in [0, 0.1) is 29.1 Å². The van der Waals surface area contributed by atoms with Crippen LogP contribution in [0.5, 0.6) is 0 Å². The number of nitrogens with zero attached hydrogens (tertiary/aromatic N) is 2. The van der Waals surface area contributed by atoms with Crippen molar-refractivity contribution in [2.24, 2.45) is 17.3 Å². The van der Waals surface area contributed by atoms with Gasteiger partial charge in [0.25, 0.3) is 0 Å². The molecule has 3 rings (SSSR count). The van der Waals surface area contributed by atoms with Gasteiger partial charge in [-0.25, -0.2) is 9.59 Å². The Hall–Kier alpha value is -2.53. The average molecular weight is 475 g/mol. The summed E-state index contributed by atoms with van der Waals surface area (Å²) in [7, 11) is 1.32. The van der Waals surface area contributed by atoms with Gasteiger partial charge in [0.05, 0.1) is 23.7 Å². The predicted molar refractivity (Wildman–Crippen MR) is 129 cm³/mol. The third-order valence-electron chi connectivity index (χ3n) is 6.31. The number of esters is 1. The van der Waals surface area contributed by atoms with Gasteiger partial charge in [-0.05, 0) is 64.9 Å². The van der Waals surface area contributed by atoms with Crippen LogP contribution in [-0.2, 0) is 9.53 Å². The molecular formula is C25H34N2O5S. The Morgan fingerprint density at radius 3 is 2.39 bits per heavy atom. The van der Waals surface area contributed by atoms with Gasteiger partial charge in [-0.1, -0.05) is 18.8 Å². The zero-order chi connectivity index (χ0) is 24.3. The lowest BCUT2D eigenvalue weighted by Gasteiger charge is -2.34. The zero-order valence-electron chi connectivity index (χ0n) is 20.1. The molecule has 1 saturated carbocycles. The molecule has 0 aromatic carbocycles. The van der Waals surface area contributed by atoms with E-state index in [0.29, 0.717) is 34.3 Å². The molecule has 8 heteroatoms. The molecule has 2 amide bonds. The van der Waals surface area contributed by atoms with Crippen LogP contribution >= 0.6 is 11.3 Å². The molecule has 1 saturated heterocycles. The molecule has 1 N–H and O–H groups in total. The van der Waals surface area contributed by atoms with Gasteiger partial charge in [0.1, 0.15) is 4.88 Å². The Labute approximate surface area is 200 Å². The molecule has 1 aromatic heterocycles. The molecule has 7 nitrogen and oxygen atoms in total. The van der Waals surface area contributed by atoms with Gasteiger partial charge in [0, 0.05) is 24.4 Å². The highest BCUT2D eigenvalue weighted by Crippen LogP contribution is 2.38. The molecule has 0 radical (unpaired) electrons. The van der Waals surface area contributed by atoms with E-state index in [9.17, 15) is 19.5 Å². The molecule has 33 heavy (non-hydrogen) atoms. The molecule has 2 heterocycles. The summed E-state index contributed by atoms with van der Waals surface area (Å²) >= 11 is 1.22. The Morgan fingerprint density at radius 1 is 1.18 bits per heavy atom. The van der Waals surface area contributed by atoms with Crippen LogP contribution in [0.2, 0.25) is 0 Å². The Balaban J connectivity index is 2.04. The number of carbonyl (C=O) groups excluding carboxylic acids is 2. The first-order valence-electron chi connectivity index (χ1n) is 11.6. The Kier molecular flexibility index (Phi) is 7.73. The van der Waals surface area contributed by atoms with Gasteiger partial charge in [-0.15, -0.1) is 11.3 Å². The fraction of sp³-hybridized carbons (Fsp3) is 0.640. The first-order chi connectivity index (χ1) is 15.5. The third kappa shape index (κ3) is 6.08. The molecule has 2 aliphatic rings. The van der Waals surface area contributed by atoms with Crippen LogP contribution in [0.1, 0.15) is 74.3 Å². The van der Waals surface area contributed by atoms with Crippen LogP contribution in [0.25, 0.3) is 0 Å². The largest absolute Gasteiger partial charge is 0.465 e. The molecule has 1 aliphatic carbocycles. The van der Waals surface area contributed by atoms with Crippen LogP contribution in [0.3, 0.4) is 0 Å². The fourth-order valence-corrected chi connectivity index (χ4v) is 5.36. The second kappa shape index (κ2) is 10.2. The summed E-state index contributed by atoms with van der Waals surface area (Å²) in [6.07, 6.45) is 3.13. The topological polar surface area (TPSA) is 87.2 Å². The number of anilines is 1. The lowest BCUT2D eigenvalue weighted by Crippen LogP contribution is -2.46. The summed E-state index contributed by atoms with van der Waals surface area (Å²) in [6, 6.07) is 1.47. The van der Waals surface area contributed by atoms with E-state index in [-0.39, 0.29) is 29.8 Å². The maximum atomic E-state index is 13.8. The molecule has 1 unspecified atom stereocenters. The number of amides is 2. The molecule has 180 valence electrons. The number of methoxy groups -OCH3 is 1. The average Bonchev–Trinajstić information content (AvgIpc) is 3.40. The van der Waals surface area contributed by atoms with Crippen molar-refractivity contribution in [3.63, 3.8) is 0 Å². The summed E-state index contributed by atoms with van der Waals surface area (Å²) in [4.78, 5) is 42.1. The van der Waals surface area contributed by atoms with Crippen molar-refractivity contribution in [3.8, 4) is 11.8 Å². The van der Waals surface area contributed by atoms with Gasteiger partial charge in [-0.2, -0.15) is 0 Å². The van der Waals surface area contributed by atoms with E-state index in [4.69, 9.17) is 4.74 Å². The minimum absolute atomic E-state index is 0.0302. The summed E-state index contributed by atoms with van der Waals surface area (Å²) < 4.78 is 5.03. The molecular weight excluding hydrogens is 440 g/mol. The lowest BCUT2D eigenvalue weighted by atomic mass is 9.82. The Morgan fingerprint density at radius 2 is 1.85 bits per heavy atom. The number of carboxylic acid groups (broad SMARTS) is 1. The predicted octanol–water partition coefficient (Wildman–Crippen LogP) is 4.84. The number of hydrogen-bond acceptors (Lipinski definition) is 5. The van der Waals surface area contributed by atoms with Gasteiger partial charge in [0.15, 0.2) is 0 Å². The minimum atomic E-state index is -0.994. The van der Waals surface area contributed by atoms with Gasteiger partial charge in [0.2, 0.25) is 5.91 Å². The molecule has 1 aromatic rings. The SMILES string of the molecule is COC(=O)c1sc(C#CC(C)(C)C)cc1N(C(=O)C1CCC(C)CC1)C1CCN(C(=O)O)C1. The van der Waals surface area contributed by atoms with Crippen molar-refractivity contribution < 1.29 is 24.2 Å². The molecule has 1 aliphatic heterocycles. The van der Waals surface area contributed by atoms with Crippen molar-refractivity contribution in [2.45, 2.75) is 65.8 Å². The highest BCUT2D eigenvalue weighted by molar-refractivity contribution is 7.15. The highest BCUT2D eigenvalue weighted by Gasteiger charge is 2.39. The third-order valence-corrected chi connectivity index (χ3v) is 7.32. The number of ether oxygens (including phenoxy) is 1. The normalized spacial score (nSPS) is 22.9. The van der Waals surface area contributed by atoms with Gasteiger partial charge < -0.3 is 19.6 Å². The number of carbonyl (C=O) groups is 3. The molecule has 0 bridgehead atoms. The van der Waals surface area contributed by atoms with Crippen LogP contribution in [-0.4, -0.2) is 54.2 Å². The van der Waals surface area contributed by atoms with E-state index in [1.54, 1.807) is 11.0 Å². The fourth-order valence-electron chi connectivity index (χ4n) is 4.44. The first kappa shape index (κ1) is 25.1. The summed E-state index contributed by atoms with van der Waals surface area (Å²) in [5.41, 5.74) is 0.281. The first-order valence-corrected chi connectivity index (χ1v) is 12.4. The Bertz CT molecular complexity index is 960. The number of rotatable bonds is 4. The number of hydrogen-bond donors (Lipinski definition) is 1. The van der Waals surface area contributed by atoms with Crippen molar-refractivity contribution in [2.75, 3.05) is 25.1 Å². The van der Waals surface area contributed by atoms with E-state index >= 15 is 0 Å². The standard InChI is InChI=1S/C25H34N2O5S/c1-16-6-8-17(9-7-16)22(28)27(18-11-13-26(15-18)24(30)31)20-14-19(10-12-25(2,3)4)33-21(20)23(29)32-5/h14,16-18H,6-9,11,13,15H2,1-5H3,(H,30,31). The summed E-state index contributed by atoms with van der Waals surface area (Å²) in [6.45, 7) is 8.82. The van der Waals surface area contributed by atoms with Gasteiger partial charge >= 0.3 is 12.1 Å². The van der Waals surface area contributed by atoms with E-state index < -0.39 is 12.1 Å². The van der Waals surface area contributed by atoms with Crippen molar-refractivity contribution in [1.82, 2.24) is 4.90 Å². The van der Waals surface area contributed by atoms with E-state index in [1.165, 1.54) is 23.3 Å². The highest BCUT2D eigenvalue weighted by atomic mass is 32.1. The molecule has 1 atom stereocenters. The smallest absolute Gasteiger partial charge is 0.407 e. The minimum Gasteiger partial charge on any atom is -0.465 e. The van der Waals surface area contributed by atoms with E-state index in [1.807, 2.05) is 20.8 Å². The van der Waals surface area contributed by atoms with Crippen LogP contribution < -0.4 is 4.90 Å². The van der Waals surface area contributed by atoms with Crippen LogP contribution in [0.4, 0.5) is 10.5 Å². The van der Waals surface area contributed by atoms with Gasteiger partial charge in [-0.3, -0.25) is 4.79 Å². The van der Waals surface area contributed by atoms with Crippen LogP contribution in [0.15, 0.2) is 6.07 Å². The number of likely N-dealkylation sites (tertiary alicyclic amines) is 1. The van der Waals surface area contributed by atoms with Crippen molar-refractivity contribution in [1.29, 1.82) is 0 Å². The second-order valence-electron chi connectivity index (χ2n) is 10.2. The van der Waals surface area contributed by atoms with E-state index in [2.05, 4.69) is 18.8 Å². The molecule has 0 spiro atoms. The van der Waals surface area contributed by atoms with Crippen molar-refractivity contribution >= 4 is 35.0 Å². The lowest BCUT2D eigenvalue weighted by molar-refractivity contribution is -0.124. The summed E-state index contributed by atoms with van der Waals surface area (Å²) in [5.74, 6) is 6.25. The summed E-state index contributed by atoms with van der Waals surface area (Å²) in [5, 5.41) is 9.46. The zero-order valence-corrected chi connectivity index (χ0v) is 21.0. The second-order valence-corrected chi connectivity index (χ2v) is 11.2.